The van der Waals surface area contributed by atoms with Crippen molar-refractivity contribution in [2.24, 2.45) is 0 Å². The summed E-state index contributed by atoms with van der Waals surface area (Å²) in [5.74, 6) is -2.30. The van der Waals surface area contributed by atoms with Gasteiger partial charge in [0.1, 0.15) is 5.82 Å². The van der Waals surface area contributed by atoms with Crippen molar-refractivity contribution >= 4 is 17.3 Å². The summed E-state index contributed by atoms with van der Waals surface area (Å²) in [6.07, 6.45) is 1.71. The van der Waals surface area contributed by atoms with E-state index in [4.69, 9.17) is 22.1 Å². The number of benzene rings is 2. The molecule has 1 aliphatic carbocycles. The van der Waals surface area contributed by atoms with Gasteiger partial charge in [-0.3, -0.25) is 0 Å². The number of nitrogens with zero attached hydrogens (tertiary/aromatic N) is 3. The highest BCUT2D eigenvalue weighted by Gasteiger charge is 2.38. The van der Waals surface area contributed by atoms with E-state index >= 15 is 0 Å². The van der Waals surface area contributed by atoms with Gasteiger partial charge < -0.3 is 15.0 Å². The first kappa shape index (κ1) is 19.6. The van der Waals surface area contributed by atoms with Gasteiger partial charge in [-0.15, -0.1) is 10.2 Å². The lowest BCUT2D eigenvalue weighted by atomic mass is 10.1. The lowest BCUT2D eigenvalue weighted by Crippen LogP contribution is -2.30. The highest BCUT2D eigenvalue weighted by Crippen LogP contribution is 2.43. The van der Waals surface area contributed by atoms with Gasteiger partial charge in [0.15, 0.2) is 34.6 Å². The lowest BCUT2D eigenvalue weighted by molar-refractivity contribution is 0.0825. The van der Waals surface area contributed by atoms with E-state index < -0.39 is 28.8 Å². The van der Waals surface area contributed by atoms with Crippen LogP contribution in [-0.4, -0.2) is 14.8 Å². The first-order valence-electron chi connectivity index (χ1n) is 9.01. The van der Waals surface area contributed by atoms with Crippen LogP contribution in [0, 0.1) is 17.5 Å². The summed E-state index contributed by atoms with van der Waals surface area (Å²) >= 11 is 5.68. The molecule has 1 aliphatic rings. The third kappa shape index (κ3) is 3.64. The smallest absolute Gasteiger partial charge is 0.192 e. The van der Waals surface area contributed by atoms with Crippen molar-refractivity contribution < 1.29 is 17.9 Å². The van der Waals surface area contributed by atoms with Gasteiger partial charge in [0, 0.05) is 16.8 Å². The van der Waals surface area contributed by atoms with Crippen LogP contribution in [0.2, 0.25) is 5.02 Å². The molecular formula is C20H18ClF3N4O. The van der Waals surface area contributed by atoms with E-state index in [0.717, 1.165) is 25.0 Å². The first-order valence-corrected chi connectivity index (χ1v) is 9.39. The summed E-state index contributed by atoms with van der Waals surface area (Å²) in [6, 6.07) is 6.30. The largest absolute Gasteiger partial charge is 0.474 e. The lowest BCUT2D eigenvalue weighted by Gasteiger charge is -2.27. The number of aromatic nitrogens is 3. The summed E-state index contributed by atoms with van der Waals surface area (Å²) in [5, 5.41) is 8.25. The Hall–Kier alpha value is -2.74. The van der Waals surface area contributed by atoms with Crippen molar-refractivity contribution in [2.75, 3.05) is 5.73 Å². The van der Waals surface area contributed by atoms with Crippen molar-refractivity contribution in [3.05, 3.63) is 58.6 Å². The molecule has 3 aromatic rings. The Bertz CT molecular complexity index is 1070. The molecule has 29 heavy (non-hydrogen) atoms. The van der Waals surface area contributed by atoms with Crippen LogP contribution in [0.3, 0.4) is 0 Å². The summed E-state index contributed by atoms with van der Waals surface area (Å²) in [6.45, 7) is 3.24. The molecule has 0 saturated heterocycles. The zero-order chi connectivity index (χ0) is 20.9. The van der Waals surface area contributed by atoms with Crippen LogP contribution in [0.15, 0.2) is 30.3 Å². The van der Waals surface area contributed by atoms with E-state index in [-0.39, 0.29) is 16.6 Å². The Morgan fingerprint density at radius 2 is 1.72 bits per heavy atom. The number of nitrogens with two attached hydrogens (primary N) is 1. The van der Waals surface area contributed by atoms with E-state index in [1.165, 1.54) is 12.1 Å². The highest BCUT2D eigenvalue weighted by molar-refractivity contribution is 6.30. The van der Waals surface area contributed by atoms with Crippen molar-refractivity contribution in [1.29, 1.82) is 0 Å². The van der Waals surface area contributed by atoms with Gasteiger partial charge in [0.05, 0.1) is 5.56 Å². The molecule has 1 aromatic heterocycles. The summed E-state index contributed by atoms with van der Waals surface area (Å²) in [4.78, 5) is 0. The Kier molecular flexibility index (Phi) is 4.69. The maximum absolute atomic E-state index is 14.5. The van der Waals surface area contributed by atoms with Crippen molar-refractivity contribution in [2.45, 2.75) is 38.3 Å². The van der Waals surface area contributed by atoms with Crippen LogP contribution in [0.25, 0.3) is 11.4 Å². The number of hydrogen-bond donors (Lipinski definition) is 1. The van der Waals surface area contributed by atoms with Gasteiger partial charge in [0.25, 0.3) is 0 Å². The van der Waals surface area contributed by atoms with E-state index in [1.807, 2.05) is 0 Å². The molecule has 9 heteroatoms. The third-order valence-corrected chi connectivity index (χ3v) is 4.92. The van der Waals surface area contributed by atoms with Gasteiger partial charge in [-0.25, -0.2) is 13.2 Å². The first-order chi connectivity index (χ1) is 13.7. The predicted molar refractivity (Wildman–Crippen MR) is 103 cm³/mol. The van der Waals surface area contributed by atoms with E-state index in [1.54, 1.807) is 24.5 Å². The molecule has 2 N–H and O–H groups in total. The maximum Gasteiger partial charge on any atom is 0.192 e. The average molecular weight is 423 g/mol. The van der Waals surface area contributed by atoms with E-state index in [2.05, 4.69) is 10.2 Å². The number of nitrogen functional groups attached to an aromatic ring is 1. The van der Waals surface area contributed by atoms with E-state index in [9.17, 15) is 13.2 Å². The maximum atomic E-state index is 14.5. The molecule has 0 radical (unpaired) electrons. The molecule has 2 aromatic carbocycles. The molecule has 0 spiro atoms. The molecule has 1 heterocycles. The van der Waals surface area contributed by atoms with Crippen LogP contribution in [0.4, 0.5) is 18.9 Å². The Labute approximate surface area is 170 Å². The minimum atomic E-state index is -1.26. The third-order valence-electron chi connectivity index (χ3n) is 4.70. The fraction of sp³-hybridized carbons (Fsp3) is 0.300. The van der Waals surface area contributed by atoms with Gasteiger partial charge >= 0.3 is 0 Å². The normalized spacial score (nSPS) is 14.3. The summed E-state index contributed by atoms with van der Waals surface area (Å²) < 4.78 is 50.4. The van der Waals surface area contributed by atoms with Crippen LogP contribution < -0.4 is 10.5 Å². The molecule has 5 nitrogen and oxygen atoms in total. The molecule has 4 rings (SSSR count). The van der Waals surface area contributed by atoms with Crippen LogP contribution in [-0.2, 0) is 5.60 Å². The molecule has 152 valence electrons. The highest BCUT2D eigenvalue weighted by atomic mass is 35.5. The van der Waals surface area contributed by atoms with Gasteiger partial charge in [-0.05, 0) is 57.0 Å². The number of halogens is 4. The number of ether oxygens (including phenoxy) is 1. The van der Waals surface area contributed by atoms with Crippen LogP contribution in [0.1, 0.15) is 38.6 Å². The standard InChI is InChI=1S/C20H18ClF3N4O/c1-20(2,29-17-15(23)7-10(21)8-16(17)24)19-27-26-18(28(19)12-4-5-12)13-6-3-11(25)9-14(13)22/h3,6-9,12H,4-5,25H2,1-2H3. The molecule has 0 unspecified atom stereocenters. The Morgan fingerprint density at radius 1 is 1.07 bits per heavy atom. The minimum Gasteiger partial charge on any atom is -0.474 e. The quantitative estimate of drug-likeness (QED) is 0.570. The second-order valence-electron chi connectivity index (χ2n) is 7.50. The zero-order valence-corrected chi connectivity index (χ0v) is 16.5. The fourth-order valence-electron chi connectivity index (χ4n) is 3.20. The molecule has 1 fully saturated rings. The van der Waals surface area contributed by atoms with Crippen molar-refractivity contribution in [3.63, 3.8) is 0 Å². The van der Waals surface area contributed by atoms with Gasteiger partial charge in [0.2, 0.25) is 0 Å². The summed E-state index contributed by atoms with van der Waals surface area (Å²) in [5.41, 5.74) is 4.91. The number of rotatable bonds is 5. The topological polar surface area (TPSA) is 66.0 Å². The molecule has 0 aliphatic heterocycles. The van der Waals surface area contributed by atoms with E-state index in [0.29, 0.717) is 17.3 Å². The Morgan fingerprint density at radius 3 is 2.31 bits per heavy atom. The zero-order valence-electron chi connectivity index (χ0n) is 15.7. The van der Waals surface area contributed by atoms with Gasteiger partial charge in [-0.2, -0.15) is 0 Å². The number of anilines is 1. The average Bonchev–Trinajstić information content (AvgIpc) is 3.36. The monoisotopic (exact) mass is 422 g/mol. The molecule has 1 saturated carbocycles. The molecular weight excluding hydrogens is 405 g/mol. The van der Waals surface area contributed by atoms with Crippen LogP contribution in [0.5, 0.6) is 5.75 Å². The second kappa shape index (κ2) is 6.95. The van der Waals surface area contributed by atoms with Crippen molar-refractivity contribution in [1.82, 2.24) is 14.8 Å². The minimum absolute atomic E-state index is 0.0507. The summed E-state index contributed by atoms with van der Waals surface area (Å²) in [7, 11) is 0. The Balaban J connectivity index is 1.78. The number of hydrogen-bond acceptors (Lipinski definition) is 4. The van der Waals surface area contributed by atoms with Crippen molar-refractivity contribution in [3.8, 4) is 17.1 Å². The molecule has 0 atom stereocenters. The van der Waals surface area contributed by atoms with Gasteiger partial charge in [-0.1, -0.05) is 11.6 Å². The fourth-order valence-corrected chi connectivity index (χ4v) is 3.40. The predicted octanol–water partition coefficient (Wildman–Crippen LogP) is 5.25. The SMILES string of the molecule is CC(C)(Oc1c(F)cc(Cl)cc1F)c1nnc(-c2ccc(N)cc2F)n1C1CC1. The second-order valence-corrected chi connectivity index (χ2v) is 7.94. The molecule has 0 bridgehead atoms. The molecule has 0 amide bonds. The van der Waals surface area contributed by atoms with Crippen LogP contribution >= 0.6 is 11.6 Å².